The molecule has 0 fully saturated rings. The van der Waals surface area contributed by atoms with Crippen LogP contribution >= 0.6 is 0 Å². The lowest BCUT2D eigenvalue weighted by molar-refractivity contribution is 0.103. The highest BCUT2D eigenvalue weighted by Crippen LogP contribution is 2.37. The fourth-order valence-electron chi connectivity index (χ4n) is 2.86. The van der Waals surface area contributed by atoms with Gasteiger partial charge in [-0.3, -0.25) is 4.79 Å². The van der Waals surface area contributed by atoms with E-state index in [9.17, 15) is 4.79 Å². The van der Waals surface area contributed by atoms with Gasteiger partial charge in [-0.2, -0.15) is 0 Å². The third-order valence-corrected chi connectivity index (χ3v) is 4.20. The van der Waals surface area contributed by atoms with E-state index in [1.807, 2.05) is 13.0 Å². The molecule has 0 radical (unpaired) electrons. The van der Waals surface area contributed by atoms with Gasteiger partial charge in [0.2, 0.25) is 0 Å². The zero-order valence-electron chi connectivity index (χ0n) is 15.7. The van der Waals surface area contributed by atoms with Crippen molar-refractivity contribution in [1.82, 2.24) is 0 Å². The lowest BCUT2D eigenvalue weighted by Crippen LogP contribution is -2.15. The van der Waals surface area contributed by atoms with Crippen molar-refractivity contribution >= 4 is 17.5 Å². The lowest BCUT2D eigenvalue weighted by atomic mass is 10.0. The Morgan fingerprint density at radius 1 is 1.15 bits per heavy atom. The van der Waals surface area contributed by atoms with Gasteiger partial charge in [0.15, 0.2) is 17.3 Å². The van der Waals surface area contributed by atoms with Crippen LogP contribution in [0, 0.1) is 0 Å². The van der Waals surface area contributed by atoms with Gasteiger partial charge in [0.25, 0.3) is 0 Å². The van der Waals surface area contributed by atoms with Gasteiger partial charge in [-0.1, -0.05) is 0 Å². The van der Waals surface area contributed by atoms with Crippen LogP contribution in [-0.4, -0.2) is 32.7 Å². The number of ether oxygens (including phenoxy) is 4. The van der Waals surface area contributed by atoms with E-state index >= 15 is 0 Å². The van der Waals surface area contributed by atoms with Crippen molar-refractivity contribution in [2.45, 2.75) is 13.8 Å². The Bertz CT molecular complexity index is 888. The average Bonchev–Trinajstić information content (AvgIpc) is 2.68. The first-order chi connectivity index (χ1) is 13.0. The number of Topliss-reactive ketones (excluding diaryl/α,β-unsaturated/α-hetero) is 1. The first-order valence-electron chi connectivity index (χ1n) is 8.76. The van der Waals surface area contributed by atoms with Gasteiger partial charge < -0.3 is 24.7 Å². The molecule has 1 aliphatic rings. The minimum atomic E-state index is -0.118. The van der Waals surface area contributed by atoms with Crippen LogP contribution in [0.5, 0.6) is 23.0 Å². The van der Waals surface area contributed by atoms with Gasteiger partial charge in [-0.05, 0) is 49.8 Å². The van der Waals surface area contributed by atoms with Gasteiger partial charge in [-0.15, -0.1) is 0 Å². The predicted molar refractivity (Wildman–Crippen MR) is 104 cm³/mol. The summed E-state index contributed by atoms with van der Waals surface area (Å²) in [5.41, 5.74) is 8.20. The van der Waals surface area contributed by atoms with Crippen molar-refractivity contribution in [1.29, 1.82) is 0 Å². The molecule has 27 heavy (non-hydrogen) atoms. The molecule has 0 aliphatic carbocycles. The summed E-state index contributed by atoms with van der Waals surface area (Å²) in [6.07, 6.45) is 1.77. The number of allylic oxidation sites excluding steroid dienone is 1. The molecule has 0 spiro atoms. The Hall–Kier alpha value is -3.15. The van der Waals surface area contributed by atoms with Crippen LogP contribution in [0.15, 0.2) is 35.9 Å². The third kappa shape index (κ3) is 4.00. The van der Waals surface area contributed by atoms with Crippen LogP contribution in [0.25, 0.3) is 6.08 Å². The molecule has 2 aromatic carbocycles. The number of rotatable bonds is 6. The number of hydrogen-bond acceptors (Lipinski definition) is 6. The molecular formula is C21H23NO5. The topological polar surface area (TPSA) is 80.0 Å². The first kappa shape index (κ1) is 18.6. The summed E-state index contributed by atoms with van der Waals surface area (Å²) in [5, 5.41) is 0. The molecule has 6 heteroatoms. The Kier molecular flexibility index (Phi) is 5.54. The normalized spacial score (nSPS) is 13.2. The van der Waals surface area contributed by atoms with E-state index < -0.39 is 0 Å². The average molecular weight is 369 g/mol. The standard InChI is InChI=1S/C21H23NO5/c1-4-25-18-10-14(5-6-16(18)22)21(23)13(2)9-15-11-19-20(12-17(15)24-3)27-8-7-26-19/h5-6,9-12H,4,7-8,22H2,1-3H3/b13-9+. The molecule has 3 rings (SSSR count). The number of nitrogens with two attached hydrogens (primary N) is 1. The molecule has 6 nitrogen and oxygen atoms in total. The first-order valence-corrected chi connectivity index (χ1v) is 8.76. The van der Waals surface area contributed by atoms with E-state index in [-0.39, 0.29) is 5.78 Å². The Morgan fingerprint density at radius 3 is 2.52 bits per heavy atom. The van der Waals surface area contributed by atoms with Crippen LogP contribution in [0.4, 0.5) is 5.69 Å². The Balaban J connectivity index is 1.93. The highest BCUT2D eigenvalue weighted by Gasteiger charge is 2.17. The number of carbonyl (C=O) groups is 1. The fourth-order valence-corrected chi connectivity index (χ4v) is 2.86. The van der Waals surface area contributed by atoms with E-state index in [2.05, 4.69) is 0 Å². The van der Waals surface area contributed by atoms with Gasteiger partial charge in [-0.25, -0.2) is 0 Å². The van der Waals surface area contributed by atoms with Crippen LogP contribution in [0.3, 0.4) is 0 Å². The molecule has 0 bridgehead atoms. The summed E-state index contributed by atoms with van der Waals surface area (Å²) in [6, 6.07) is 8.63. The van der Waals surface area contributed by atoms with Crippen LogP contribution in [-0.2, 0) is 0 Å². The second kappa shape index (κ2) is 8.03. The predicted octanol–water partition coefficient (Wildman–Crippen LogP) is 3.73. The number of fused-ring (bicyclic) bond motifs is 1. The molecule has 142 valence electrons. The summed E-state index contributed by atoms with van der Waals surface area (Å²) in [7, 11) is 1.58. The van der Waals surface area contributed by atoms with Crippen molar-refractivity contribution < 1.29 is 23.7 Å². The molecular weight excluding hydrogens is 346 g/mol. The van der Waals surface area contributed by atoms with E-state index in [1.54, 1.807) is 44.4 Å². The summed E-state index contributed by atoms with van der Waals surface area (Å²) in [6.45, 7) is 5.10. The van der Waals surface area contributed by atoms with Crippen LogP contribution in [0.1, 0.15) is 29.8 Å². The number of hydrogen-bond donors (Lipinski definition) is 1. The molecule has 2 aromatic rings. The molecule has 0 atom stereocenters. The minimum absolute atomic E-state index is 0.118. The smallest absolute Gasteiger partial charge is 0.188 e. The maximum atomic E-state index is 12.8. The van der Waals surface area contributed by atoms with Crippen molar-refractivity contribution in [3.8, 4) is 23.0 Å². The Labute approximate surface area is 158 Å². The molecule has 1 heterocycles. The minimum Gasteiger partial charge on any atom is -0.496 e. The molecule has 2 N–H and O–H groups in total. The van der Waals surface area contributed by atoms with Crippen molar-refractivity contribution in [2.24, 2.45) is 0 Å². The van der Waals surface area contributed by atoms with Gasteiger partial charge >= 0.3 is 0 Å². The summed E-state index contributed by atoms with van der Waals surface area (Å²) in [5.74, 6) is 2.28. The monoisotopic (exact) mass is 369 g/mol. The SMILES string of the molecule is CCOc1cc(C(=O)/C(C)=C/c2cc3c(cc2OC)OCCO3)ccc1N. The van der Waals surface area contributed by atoms with Gasteiger partial charge in [0.05, 0.1) is 19.4 Å². The highest BCUT2D eigenvalue weighted by molar-refractivity contribution is 6.11. The summed E-state index contributed by atoms with van der Waals surface area (Å²) < 4.78 is 22.1. The largest absolute Gasteiger partial charge is 0.496 e. The quantitative estimate of drug-likeness (QED) is 0.475. The number of nitrogen functional groups attached to an aromatic ring is 1. The third-order valence-electron chi connectivity index (χ3n) is 4.20. The number of anilines is 1. The Morgan fingerprint density at radius 2 is 1.85 bits per heavy atom. The van der Waals surface area contributed by atoms with Gasteiger partial charge in [0.1, 0.15) is 24.7 Å². The fraction of sp³-hybridized carbons (Fsp3) is 0.286. The number of benzene rings is 2. The van der Waals surface area contributed by atoms with E-state index in [0.717, 1.165) is 5.56 Å². The van der Waals surface area contributed by atoms with Crippen LogP contribution < -0.4 is 24.7 Å². The zero-order chi connectivity index (χ0) is 19.4. The van der Waals surface area contributed by atoms with Crippen molar-refractivity contribution in [2.75, 3.05) is 32.7 Å². The van der Waals surface area contributed by atoms with E-state index in [1.165, 1.54) is 0 Å². The second-order valence-electron chi connectivity index (χ2n) is 6.08. The number of methoxy groups -OCH3 is 1. The molecule has 0 aromatic heterocycles. The molecule has 0 unspecified atom stereocenters. The van der Waals surface area contributed by atoms with Crippen LogP contribution in [0.2, 0.25) is 0 Å². The number of carbonyl (C=O) groups excluding carboxylic acids is 1. The van der Waals surface area contributed by atoms with E-state index in [0.29, 0.717) is 59.6 Å². The maximum absolute atomic E-state index is 12.8. The number of ketones is 1. The summed E-state index contributed by atoms with van der Waals surface area (Å²) in [4.78, 5) is 12.8. The van der Waals surface area contributed by atoms with E-state index in [4.69, 9.17) is 24.7 Å². The highest BCUT2D eigenvalue weighted by atomic mass is 16.6. The second-order valence-corrected chi connectivity index (χ2v) is 6.08. The molecule has 0 saturated carbocycles. The zero-order valence-corrected chi connectivity index (χ0v) is 15.7. The van der Waals surface area contributed by atoms with Gasteiger partial charge in [0, 0.05) is 17.2 Å². The van der Waals surface area contributed by atoms with Crippen molar-refractivity contribution in [3.63, 3.8) is 0 Å². The summed E-state index contributed by atoms with van der Waals surface area (Å²) >= 11 is 0. The lowest BCUT2D eigenvalue weighted by Gasteiger charge is -2.20. The van der Waals surface area contributed by atoms with Crippen molar-refractivity contribution in [3.05, 3.63) is 47.0 Å². The maximum Gasteiger partial charge on any atom is 0.188 e. The molecule has 1 aliphatic heterocycles. The molecule has 0 saturated heterocycles. The molecule has 0 amide bonds.